The number of rotatable bonds is 9. The molecule has 0 bridgehead atoms. The van der Waals surface area contributed by atoms with Gasteiger partial charge in [-0.1, -0.05) is 38.1 Å². The van der Waals surface area contributed by atoms with Gasteiger partial charge in [-0.3, -0.25) is 9.52 Å². The maximum atomic E-state index is 12.8. The minimum Gasteiger partial charge on any atom is -0.322 e. The van der Waals surface area contributed by atoms with E-state index in [1.54, 1.807) is 51.1 Å². The number of carbonyl (C=O) groups is 1. The molecule has 0 fully saturated rings. The summed E-state index contributed by atoms with van der Waals surface area (Å²) in [5.74, 6) is -0.459. The van der Waals surface area contributed by atoms with Gasteiger partial charge in [0.15, 0.2) is 0 Å². The van der Waals surface area contributed by atoms with Gasteiger partial charge in [-0.2, -0.15) is 4.31 Å². The lowest BCUT2D eigenvalue weighted by molar-refractivity contribution is 0.102. The molecule has 0 radical (unpaired) electrons. The van der Waals surface area contributed by atoms with Crippen molar-refractivity contribution in [3.8, 4) is 0 Å². The third-order valence-corrected chi connectivity index (χ3v) is 8.70. The lowest BCUT2D eigenvalue weighted by atomic mass is 10.1. The molecule has 10 heteroatoms. The summed E-state index contributed by atoms with van der Waals surface area (Å²) in [6.07, 6.45) is 0. The van der Waals surface area contributed by atoms with Gasteiger partial charge in [0.2, 0.25) is 10.0 Å². The number of hydrogen-bond acceptors (Lipinski definition) is 5. The van der Waals surface area contributed by atoms with Crippen LogP contribution in [0, 0.1) is 6.92 Å². The van der Waals surface area contributed by atoms with Gasteiger partial charge in [0.25, 0.3) is 15.9 Å². The van der Waals surface area contributed by atoms with Crippen LogP contribution in [0.15, 0.2) is 82.6 Å². The molecule has 0 aliphatic rings. The Hall–Kier alpha value is -3.21. The summed E-state index contributed by atoms with van der Waals surface area (Å²) in [7, 11) is -7.40. The smallest absolute Gasteiger partial charge is 0.261 e. The van der Waals surface area contributed by atoms with Crippen LogP contribution in [0.3, 0.4) is 0 Å². The lowest BCUT2D eigenvalue weighted by Gasteiger charge is -2.18. The standard InChI is InChI=1S/C24H27N3O5S2/c1-4-27(5-2)34(31,32)22-15-13-20(14-16-22)25-24(28)19-12-11-18(3)23(17-19)26-33(29,30)21-9-7-6-8-10-21/h6-17,26H,4-5H2,1-3H3,(H,25,28). The molecule has 2 N–H and O–H groups in total. The zero-order chi connectivity index (χ0) is 24.9. The van der Waals surface area contributed by atoms with Gasteiger partial charge >= 0.3 is 0 Å². The first-order valence-corrected chi connectivity index (χ1v) is 13.6. The molecule has 180 valence electrons. The highest BCUT2D eigenvalue weighted by atomic mass is 32.2. The Balaban J connectivity index is 1.78. The fourth-order valence-corrected chi connectivity index (χ4v) is 5.90. The quantitative estimate of drug-likeness (QED) is 0.459. The van der Waals surface area contributed by atoms with Crippen LogP contribution in [0.1, 0.15) is 29.8 Å². The van der Waals surface area contributed by atoms with E-state index < -0.39 is 26.0 Å². The van der Waals surface area contributed by atoms with Crippen LogP contribution in [0.2, 0.25) is 0 Å². The highest BCUT2D eigenvalue weighted by Crippen LogP contribution is 2.23. The van der Waals surface area contributed by atoms with Crippen molar-refractivity contribution < 1.29 is 21.6 Å². The molecule has 0 aromatic heterocycles. The molecular formula is C24H27N3O5S2. The summed E-state index contributed by atoms with van der Waals surface area (Å²) in [6, 6.07) is 18.6. The molecule has 0 aliphatic carbocycles. The number of aryl methyl sites for hydroxylation is 1. The average molecular weight is 502 g/mol. The number of hydrogen-bond donors (Lipinski definition) is 2. The number of carbonyl (C=O) groups excluding carboxylic acids is 1. The molecule has 34 heavy (non-hydrogen) atoms. The Morgan fingerprint density at radius 3 is 2.03 bits per heavy atom. The maximum absolute atomic E-state index is 12.8. The molecule has 0 heterocycles. The molecule has 3 aromatic carbocycles. The van der Waals surface area contributed by atoms with Gasteiger partial charge < -0.3 is 5.32 Å². The summed E-state index contributed by atoms with van der Waals surface area (Å²) in [5, 5.41) is 2.71. The monoisotopic (exact) mass is 501 g/mol. The molecule has 0 aliphatic heterocycles. The van der Waals surface area contributed by atoms with Crippen molar-refractivity contribution in [1.29, 1.82) is 0 Å². The van der Waals surface area contributed by atoms with Crippen LogP contribution in [0.5, 0.6) is 0 Å². The van der Waals surface area contributed by atoms with Crippen LogP contribution in [-0.4, -0.2) is 40.1 Å². The van der Waals surface area contributed by atoms with Gasteiger partial charge in [0, 0.05) is 24.3 Å². The first-order chi connectivity index (χ1) is 16.1. The van der Waals surface area contributed by atoms with Crippen LogP contribution in [0.4, 0.5) is 11.4 Å². The molecular weight excluding hydrogens is 474 g/mol. The Kier molecular flexibility index (Phi) is 7.75. The molecule has 0 saturated heterocycles. The van der Waals surface area contributed by atoms with Crippen molar-refractivity contribution in [1.82, 2.24) is 4.31 Å². The first-order valence-electron chi connectivity index (χ1n) is 10.7. The van der Waals surface area contributed by atoms with Crippen molar-refractivity contribution in [2.24, 2.45) is 0 Å². The third kappa shape index (κ3) is 5.64. The molecule has 0 unspecified atom stereocenters. The molecule has 0 atom stereocenters. The van der Waals surface area contributed by atoms with E-state index in [9.17, 15) is 21.6 Å². The number of anilines is 2. The van der Waals surface area contributed by atoms with Crippen LogP contribution >= 0.6 is 0 Å². The van der Waals surface area contributed by atoms with E-state index in [1.807, 2.05) is 0 Å². The predicted octanol–water partition coefficient (Wildman–Crippen LogP) is 4.08. The topological polar surface area (TPSA) is 113 Å². The zero-order valence-electron chi connectivity index (χ0n) is 19.1. The van der Waals surface area contributed by atoms with Crippen molar-refractivity contribution in [3.05, 3.63) is 83.9 Å². The van der Waals surface area contributed by atoms with E-state index in [4.69, 9.17) is 0 Å². The van der Waals surface area contributed by atoms with Gasteiger partial charge in [-0.15, -0.1) is 0 Å². The molecule has 0 spiro atoms. The van der Waals surface area contributed by atoms with E-state index in [1.165, 1.54) is 46.8 Å². The molecule has 3 aromatic rings. The second-order valence-electron chi connectivity index (χ2n) is 7.52. The van der Waals surface area contributed by atoms with E-state index in [0.717, 1.165) is 0 Å². The van der Waals surface area contributed by atoms with E-state index in [-0.39, 0.29) is 21.0 Å². The average Bonchev–Trinajstić information content (AvgIpc) is 2.82. The third-order valence-electron chi connectivity index (χ3n) is 5.25. The van der Waals surface area contributed by atoms with Crippen molar-refractivity contribution in [3.63, 3.8) is 0 Å². The minimum absolute atomic E-state index is 0.115. The number of nitrogens with zero attached hydrogens (tertiary/aromatic N) is 1. The Morgan fingerprint density at radius 1 is 0.824 bits per heavy atom. The van der Waals surface area contributed by atoms with Crippen LogP contribution < -0.4 is 10.0 Å². The minimum atomic E-state index is -3.81. The van der Waals surface area contributed by atoms with Crippen molar-refractivity contribution >= 4 is 37.3 Å². The highest BCUT2D eigenvalue weighted by molar-refractivity contribution is 7.92. The maximum Gasteiger partial charge on any atom is 0.261 e. The number of nitrogens with one attached hydrogen (secondary N) is 2. The van der Waals surface area contributed by atoms with E-state index >= 15 is 0 Å². The number of amides is 1. The normalized spacial score (nSPS) is 11.9. The molecule has 0 saturated carbocycles. The van der Waals surface area contributed by atoms with Crippen LogP contribution in [-0.2, 0) is 20.0 Å². The van der Waals surface area contributed by atoms with E-state index in [2.05, 4.69) is 10.0 Å². The Morgan fingerprint density at radius 2 is 1.44 bits per heavy atom. The Bertz CT molecular complexity index is 1370. The van der Waals surface area contributed by atoms with Crippen molar-refractivity contribution in [2.75, 3.05) is 23.1 Å². The predicted molar refractivity (Wildman–Crippen MR) is 133 cm³/mol. The summed E-state index contributed by atoms with van der Waals surface area (Å²) < 4.78 is 54.4. The van der Waals surface area contributed by atoms with E-state index in [0.29, 0.717) is 24.3 Å². The SMILES string of the molecule is CCN(CC)S(=O)(=O)c1ccc(NC(=O)c2ccc(C)c(NS(=O)(=O)c3ccccc3)c2)cc1. The summed E-state index contributed by atoms with van der Waals surface area (Å²) in [5.41, 5.74) is 1.60. The first kappa shape index (κ1) is 25.4. The number of sulfonamides is 2. The number of benzene rings is 3. The second-order valence-corrected chi connectivity index (χ2v) is 11.1. The molecule has 1 amide bonds. The summed E-state index contributed by atoms with van der Waals surface area (Å²) in [6.45, 7) is 6.00. The second kappa shape index (κ2) is 10.4. The van der Waals surface area contributed by atoms with Gasteiger partial charge in [0.05, 0.1) is 15.5 Å². The zero-order valence-corrected chi connectivity index (χ0v) is 20.8. The molecule has 8 nitrogen and oxygen atoms in total. The highest BCUT2D eigenvalue weighted by Gasteiger charge is 2.21. The fraction of sp³-hybridized carbons (Fsp3) is 0.208. The van der Waals surface area contributed by atoms with Crippen LogP contribution in [0.25, 0.3) is 0 Å². The van der Waals surface area contributed by atoms with Crippen molar-refractivity contribution in [2.45, 2.75) is 30.6 Å². The fourth-order valence-electron chi connectivity index (χ4n) is 3.30. The van der Waals surface area contributed by atoms with Gasteiger partial charge in [-0.25, -0.2) is 16.8 Å². The van der Waals surface area contributed by atoms with Gasteiger partial charge in [0.1, 0.15) is 0 Å². The summed E-state index contributed by atoms with van der Waals surface area (Å²) in [4.78, 5) is 13.0. The molecule has 3 rings (SSSR count). The Labute approximate surface area is 200 Å². The largest absolute Gasteiger partial charge is 0.322 e. The lowest BCUT2D eigenvalue weighted by Crippen LogP contribution is -2.30. The van der Waals surface area contributed by atoms with Gasteiger partial charge in [-0.05, 0) is 61.0 Å². The summed E-state index contributed by atoms with van der Waals surface area (Å²) >= 11 is 0.